The van der Waals surface area contributed by atoms with Crippen LogP contribution in [0.25, 0.3) is 0 Å². The third-order valence-corrected chi connectivity index (χ3v) is 3.78. The quantitative estimate of drug-likeness (QED) is 0.297. The first-order chi connectivity index (χ1) is 13.0. The minimum Gasteiger partial charge on any atom is -0.312 e. The second-order valence-corrected chi connectivity index (χ2v) is 5.73. The Labute approximate surface area is 155 Å². The Bertz CT molecular complexity index is 999. The van der Waals surface area contributed by atoms with Crippen LogP contribution in [-0.4, -0.2) is 21.6 Å². The molecular weight excluding hydrogens is 346 g/mol. The number of benzene rings is 2. The lowest BCUT2D eigenvalue weighted by Gasteiger charge is -2.07. The zero-order valence-corrected chi connectivity index (χ0v) is 14.4. The van der Waals surface area contributed by atoms with Crippen molar-refractivity contribution >= 4 is 17.4 Å². The average Bonchev–Trinajstić information content (AvgIpc) is 2.69. The largest absolute Gasteiger partial charge is 0.365 e. The number of carbonyl (C=O) groups excluding carboxylic acids is 1. The lowest BCUT2D eigenvalue weighted by molar-refractivity contribution is -0.384. The molecule has 0 saturated heterocycles. The molecule has 1 aromatic heterocycles. The van der Waals surface area contributed by atoms with E-state index in [1.54, 1.807) is 54.9 Å². The number of pyridine rings is 1. The Balaban J connectivity index is 1.93. The van der Waals surface area contributed by atoms with Crippen molar-refractivity contribution in [2.24, 2.45) is 5.16 Å². The smallest absolute Gasteiger partial charge is 0.312 e. The highest BCUT2D eigenvalue weighted by molar-refractivity contribution is 6.12. The zero-order valence-electron chi connectivity index (χ0n) is 14.4. The van der Waals surface area contributed by atoms with Crippen molar-refractivity contribution < 1.29 is 14.6 Å². The van der Waals surface area contributed by atoms with E-state index in [2.05, 4.69) is 10.1 Å². The van der Waals surface area contributed by atoms with Crippen LogP contribution in [0.2, 0.25) is 0 Å². The van der Waals surface area contributed by atoms with Gasteiger partial charge in [0.05, 0.1) is 10.5 Å². The second-order valence-electron chi connectivity index (χ2n) is 5.73. The number of nitro groups is 1. The van der Waals surface area contributed by atoms with Crippen LogP contribution in [0, 0.1) is 17.0 Å². The molecule has 3 aromatic rings. The molecule has 0 aliphatic heterocycles. The van der Waals surface area contributed by atoms with Crippen molar-refractivity contribution in [1.82, 2.24) is 4.98 Å². The lowest BCUT2D eigenvalue weighted by Crippen LogP contribution is -2.08. The number of nitro benzene ring substituents is 1. The molecule has 0 aliphatic rings. The molecule has 2 aromatic carbocycles. The fourth-order valence-corrected chi connectivity index (χ4v) is 2.43. The van der Waals surface area contributed by atoms with Crippen molar-refractivity contribution in [1.29, 1.82) is 0 Å². The van der Waals surface area contributed by atoms with Crippen LogP contribution in [0.1, 0.15) is 27.0 Å². The summed E-state index contributed by atoms with van der Waals surface area (Å²) in [5, 5.41) is 14.9. The standard InChI is InChI=1S/C20H15N3O4/c1-14-3-2-4-17(13-14)20(24)27-22-19(16-9-11-21-12-10-16)15-5-7-18(8-6-15)23(25)26/h2-13H,1H3. The molecule has 134 valence electrons. The van der Waals surface area contributed by atoms with E-state index in [9.17, 15) is 14.9 Å². The summed E-state index contributed by atoms with van der Waals surface area (Å²) in [6.07, 6.45) is 3.16. The molecule has 0 bridgehead atoms. The molecular formula is C20H15N3O4. The molecule has 27 heavy (non-hydrogen) atoms. The second kappa shape index (κ2) is 8.01. The first-order valence-electron chi connectivity index (χ1n) is 8.06. The molecule has 0 radical (unpaired) electrons. The van der Waals surface area contributed by atoms with Gasteiger partial charge in [-0.15, -0.1) is 0 Å². The molecule has 0 saturated carbocycles. The SMILES string of the molecule is Cc1cccc(C(=O)ON=C(c2ccncc2)c2ccc([N+](=O)[O-])cc2)c1. The van der Waals surface area contributed by atoms with Gasteiger partial charge in [0, 0.05) is 35.7 Å². The van der Waals surface area contributed by atoms with Gasteiger partial charge in [0.2, 0.25) is 0 Å². The van der Waals surface area contributed by atoms with E-state index >= 15 is 0 Å². The average molecular weight is 361 g/mol. The maximum Gasteiger partial charge on any atom is 0.365 e. The number of nitrogens with zero attached hydrogens (tertiary/aromatic N) is 3. The van der Waals surface area contributed by atoms with Crippen LogP contribution in [-0.2, 0) is 4.84 Å². The van der Waals surface area contributed by atoms with Crippen molar-refractivity contribution in [2.45, 2.75) is 6.92 Å². The van der Waals surface area contributed by atoms with Crippen molar-refractivity contribution in [3.63, 3.8) is 0 Å². The molecule has 0 unspecified atom stereocenters. The Morgan fingerprint density at radius 2 is 1.67 bits per heavy atom. The van der Waals surface area contributed by atoms with Crippen LogP contribution in [0.4, 0.5) is 5.69 Å². The van der Waals surface area contributed by atoms with Crippen LogP contribution in [0.3, 0.4) is 0 Å². The van der Waals surface area contributed by atoms with Gasteiger partial charge in [-0.25, -0.2) is 4.79 Å². The summed E-state index contributed by atoms with van der Waals surface area (Å²) in [6, 6.07) is 16.2. The van der Waals surface area contributed by atoms with Crippen LogP contribution in [0.15, 0.2) is 78.2 Å². The Morgan fingerprint density at radius 1 is 1.00 bits per heavy atom. The number of rotatable bonds is 5. The van der Waals surface area contributed by atoms with Crippen molar-refractivity contribution in [2.75, 3.05) is 0 Å². The highest BCUT2D eigenvalue weighted by Gasteiger charge is 2.13. The summed E-state index contributed by atoms with van der Waals surface area (Å²) < 4.78 is 0. The van der Waals surface area contributed by atoms with Gasteiger partial charge >= 0.3 is 5.97 Å². The highest BCUT2D eigenvalue weighted by Crippen LogP contribution is 2.16. The number of aryl methyl sites for hydroxylation is 1. The summed E-state index contributed by atoms with van der Waals surface area (Å²) >= 11 is 0. The predicted molar refractivity (Wildman–Crippen MR) is 99.6 cm³/mol. The van der Waals surface area contributed by atoms with Crippen LogP contribution >= 0.6 is 0 Å². The fourth-order valence-electron chi connectivity index (χ4n) is 2.43. The fraction of sp³-hybridized carbons (Fsp3) is 0.0500. The molecule has 0 atom stereocenters. The molecule has 1 heterocycles. The first kappa shape index (κ1) is 17.9. The molecule has 0 spiro atoms. The van der Waals surface area contributed by atoms with Gasteiger partial charge < -0.3 is 4.84 Å². The normalized spacial score (nSPS) is 11.1. The van der Waals surface area contributed by atoms with Gasteiger partial charge in [0.25, 0.3) is 5.69 Å². The van der Waals surface area contributed by atoms with E-state index in [1.807, 2.05) is 13.0 Å². The number of hydrogen-bond donors (Lipinski definition) is 0. The van der Waals surface area contributed by atoms with Crippen LogP contribution < -0.4 is 0 Å². The Kier molecular flexibility index (Phi) is 5.32. The lowest BCUT2D eigenvalue weighted by atomic mass is 10.0. The van der Waals surface area contributed by atoms with E-state index in [4.69, 9.17) is 4.84 Å². The molecule has 0 N–H and O–H groups in total. The van der Waals surface area contributed by atoms with Gasteiger partial charge in [-0.2, -0.15) is 0 Å². The number of hydrogen-bond acceptors (Lipinski definition) is 6. The van der Waals surface area contributed by atoms with Gasteiger partial charge in [-0.05, 0) is 43.3 Å². The van der Waals surface area contributed by atoms with E-state index in [0.29, 0.717) is 22.4 Å². The van der Waals surface area contributed by atoms with Gasteiger partial charge in [0.1, 0.15) is 5.71 Å². The monoisotopic (exact) mass is 361 g/mol. The number of non-ortho nitro benzene ring substituents is 1. The molecule has 0 aliphatic carbocycles. The van der Waals surface area contributed by atoms with Crippen molar-refractivity contribution in [3.05, 3.63) is 105 Å². The molecule has 7 heteroatoms. The summed E-state index contributed by atoms with van der Waals surface area (Å²) in [5.41, 5.74) is 2.88. The molecule has 0 fully saturated rings. The zero-order chi connectivity index (χ0) is 19.2. The van der Waals surface area contributed by atoms with Crippen LogP contribution in [0.5, 0.6) is 0 Å². The van der Waals surface area contributed by atoms with E-state index < -0.39 is 10.9 Å². The Hall–Kier alpha value is -3.87. The maximum absolute atomic E-state index is 12.3. The number of oxime groups is 1. The summed E-state index contributed by atoms with van der Waals surface area (Å²) in [6.45, 7) is 1.87. The van der Waals surface area contributed by atoms with Gasteiger partial charge in [0.15, 0.2) is 0 Å². The molecule has 3 rings (SSSR count). The van der Waals surface area contributed by atoms with Gasteiger partial charge in [-0.3, -0.25) is 15.1 Å². The summed E-state index contributed by atoms with van der Waals surface area (Å²) in [5.74, 6) is -0.591. The minimum absolute atomic E-state index is 0.0374. The minimum atomic E-state index is -0.591. The highest BCUT2D eigenvalue weighted by atomic mass is 16.7. The summed E-state index contributed by atoms with van der Waals surface area (Å²) in [7, 11) is 0. The first-order valence-corrected chi connectivity index (χ1v) is 8.06. The van der Waals surface area contributed by atoms with E-state index in [1.165, 1.54) is 12.1 Å². The van der Waals surface area contributed by atoms with Gasteiger partial charge in [-0.1, -0.05) is 22.9 Å². The number of aromatic nitrogens is 1. The number of carbonyl (C=O) groups is 1. The van der Waals surface area contributed by atoms with E-state index in [-0.39, 0.29) is 5.69 Å². The van der Waals surface area contributed by atoms with Crippen molar-refractivity contribution in [3.8, 4) is 0 Å². The molecule has 0 amide bonds. The predicted octanol–water partition coefficient (Wildman–Crippen LogP) is 3.91. The maximum atomic E-state index is 12.3. The third kappa shape index (κ3) is 4.40. The topological polar surface area (TPSA) is 94.7 Å². The summed E-state index contributed by atoms with van der Waals surface area (Å²) in [4.78, 5) is 31.7. The third-order valence-electron chi connectivity index (χ3n) is 3.78. The van der Waals surface area contributed by atoms with E-state index in [0.717, 1.165) is 5.56 Å². The Morgan fingerprint density at radius 3 is 2.30 bits per heavy atom. The molecule has 7 nitrogen and oxygen atoms in total.